The first-order valence-corrected chi connectivity index (χ1v) is 10.8. The maximum Gasteiger partial charge on any atom is 0.436 e. The molecule has 0 aliphatic rings. The van der Waals surface area contributed by atoms with Crippen molar-refractivity contribution in [1.29, 1.82) is 0 Å². The number of carbonyl (C=O) groups is 1. The number of para-hydroxylation sites is 1. The Balaban J connectivity index is 1.48. The zero-order valence-corrected chi connectivity index (χ0v) is 19.3. The number of rotatable bonds is 8. The topological polar surface area (TPSA) is 56.1 Å². The van der Waals surface area contributed by atoms with Gasteiger partial charge in [-0.15, -0.1) is 0 Å². The minimum Gasteiger partial charge on any atom is -0.488 e. The van der Waals surface area contributed by atoms with Gasteiger partial charge in [-0.3, -0.25) is 9.48 Å². The zero-order chi connectivity index (χ0) is 24.2. The molecule has 9 heteroatoms. The Kier molecular flexibility index (Phi) is 7.68. The number of hydrogen-bond acceptors (Lipinski definition) is 3. The molecule has 33 heavy (non-hydrogen) atoms. The number of benzene rings is 2. The van der Waals surface area contributed by atoms with E-state index in [1.54, 1.807) is 12.1 Å². The lowest BCUT2D eigenvalue weighted by molar-refractivity contribution is -0.141. The largest absolute Gasteiger partial charge is 0.488 e. The molecule has 0 atom stereocenters. The van der Waals surface area contributed by atoms with Crippen molar-refractivity contribution >= 4 is 17.5 Å². The Morgan fingerprint density at radius 3 is 2.30 bits per heavy atom. The van der Waals surface area contributed by atoms with E-state index in [4.69, 9.17) is 16.3 Å². The number of nitrogens with zero attached hydrogens (tertiary/aromatic N) is 2. The maximum absolute atomic E-state index is 12.9. The van der Waals surface area contributed by atoms with Crippen molar-refractivity contribution in [1.82, 2.24) is 15.1 Å². The highest BCUT2D eigenvalue weighted by atomic mass is 35.5. The summed E-state index contributed by atoms with van der Waals surface area (Å²) in [5, 5.41) is 5.92. The summed E-state index contributed by atoms with van der Waals surface area (Å²) in [4.78, 5) is 12.4. The Bertz CT molecular complexity index is 1100. The van der Waals surface area contributed by atoms with Gasteiger partial charge in [0.15, 0.2) is 5.69 Å². The van der Waals surface area contributed by atoms with Crippen LogP contribution in [-0.2, 0) is 19.3 Å². The number of halogens is 4. The van der Waals surface area contributed by atoms with Crippen molar-refractivity contribution in [3.05, 3.63) is 81.1 Å². The van der Waals surface area contributed by atoms with Crippen molar-refractivity contribution in [2.24, 2.45) is 0 Å². The number of alkyl halides is 3. The molecular weight excluding hydrogens is 455 g/mol. The van der Waals surface area contributed by atoms with Crippen molar-refractivity contribution < 1.29 is 22.7 Å². The van der Waals surface area contributed by atoms with E-state index >= 15 is 0 Å². The van der Waals surface area contributed by atoms with Crippen molar-refractivity contribution in [3.8, 4) is 5.75 Å². The molecule has 3 rings (SSSR count). The molecule has 0 spiro atoms. The molecule has 1 heterocycles. The van der Waals surface area contributed by atoms with Crippen LogP contribution in [0.5, 0.6) is 5.75 Å². The van der Waals surface area contributed by atoms with Gasteiger partial charge >= 0.3 is 6.18 Å². The molecule has 1 amide bonds. The van der Waals surface area contributed by atoms with Crippen LogP contribution in [0.3, 0.4) is 0 Å². The Labute approximate surface area is 195 Å². The van der Waals surface area contributed by atoms with Gasteiger partial charge in [0.05, 0.1) is 10.7 Å². The summed E-state index contributed by atoms with van der Waals surface area (Å²) in [5.41, 5.74) is 2.70. The van der Waals surface area contributed by atoms with Crippen LogP contribution in [0.4, 0.5) is 13.2 Å². The van der Waals surface area contributed by atoms with Crippen LogP contribution in [0.25, 0.3) is 0 Å². The summed E-state index contributed by atoms with van der Waals surface area (Å²) in [7, 11) is 0. The summed E-state index contributed by atoms with van der Waals surface area (Å²) in [6, 6.07) is 13.1. The van der Waals surface area contributed by atoms with Crippen LogP contribution in [-0.4, -0.2) is 22.2 Å². The Morgan fingerprint density at radius 1 is 1.09 bits per heavy atom. The summed E-state index contributed by atoms with van der Waals surface area (Å²) in [5.74, 6) is 0.596. The third-order valence-electron chi connectivity index (χ3n) is 5.24. The van der Waals surface area contributed by atoms with Crippen LogP contribution in [0.15, 0.2) is 42.5 Å². The highest BCUT2D eigenvalue weighted by molar-refractivity contribution is 6.31. The number of carbonyl (C=O) groups excluding carboxylic acids is 1. The zero-order valence-electron chi connectivity index (χ0n) is 18.6. The molecule has 0 radical (unpaired) electrons. The maximum atomic E-state index is 12.9. The third kappa shape index (κ3) is 6.07. The molecule has 0 bridgehead atoms. The van der Waals surface area contributed by atoms with Gasteiger partial charge in [-0.1, -0.05) is 41.9 Å². The molecule has 176 valence electrons. The van der Waals surface area contributed by atoms with Gasteiger partial charge in [0.25, 0.3) is 5.91 Å². The highest BCUT2D eigenvalue weighted by Crippen LogP contribution is 2.35. The summed E-state index contributed by atoms with van der Waals surface area (Å²) in [6.45, 7) is 6.35. The number of amides is 1. The molecule has 0 saturated carbocycles. The Hall–Kier alpha value is -3.00. The molecule has 5 nitrogen and oxygen atoms in total. The predicted octanol–water partition coefficient (Wildman–Crippen LogP) is 5.88. The number of nitrogens with one attached hydrogen (secondary N) is 1. The smallest absolute Gasteiger partial charge is 0.436 e. The molecule has 1 N–H and O–H groups in total. The lowest BCUT2D eigenvalue weighted by Crippen LogP contribution is -2.25. The lowest BCUT2D eigenvalue weighted by Gasteiger charge is -2.12. The fraction of sp³-hybridized carbons (Fsp3) is 0.333. The average molecular weight is 480 g/mol. The fourth-order valence-corrected chi connectivity index (χ4v) is 3.63. The quantitative estimate of drug-likeness (QED) is 0.410. The lowest BCUT2D eigenvalue weighted by atomic mass is 10.1. The SMILES string of the molecule is Cc1cccc(C)c1OCc1ccc(C(=O)NCCCn2nc(C(F)(F)F)c(Cl)c2C)cc1. The monoisotopic (exact) mass is 479 g/mol. The molecule has 1 aromatic heterocycles. The van der Waals surface area contributed by atoms with Crippen molar-refractivity contribution in [3.63, 3.8) is 0 Å². The number of hydrogen-bond donors (Lipinski definition) is 1. The molecule has 0 saturated heterocycles. The summed E-state index contributed by atoms with van der Waals surface area (Å²) >= 11 is 5.75. The highest BCUT2D eigenvalue weighted by Gasteiger charge is 2.38. The van der Waals surface area contributed by atoms with Gasteiger partial charge in [-0.25, -0.2) is 0 Å². The van der Waals surface area contributed by atoms with Crippen LogP contribution in [0.2, 0.25) is 5.02 Å². The Morgan fingerprint density at radius 2 is 1.73 bits per heavy atom. The standard InChI is InChI=1S/C24H25ClF3N3O2/c1-15-6-4-7-16(2)21(15)33-14-18-8-10-19(11-9-18)23(32)29-12-5-13-31-17(3)20(25)22(30-31)24(26,27)28/h4,6-11H,5,12-14H2,1-3H3,(H,29,32). The molecule has 0 unspecified atom stereocenters. The van der Waals surface area contributed by atoms with E-state index in [9.17, 15) is 18.0 Å². The normalized spacial score (nSPS) is 11.5. The van der Waals surface area contributed by atoms with Crippen molar-refractivity contribution in [2.75, 3.05) is 6.54 Å². The number of aromatic nitrogens is 2. The van der Waals surface area contributed by atoms with E-state index in [0.29, 0.717) is 18.6 Å². The van der Waals surface area contributed by atoms with Crippen LogP contribution in [0, 0.1) is 20.8 Å². The number of ether oxygens (including phenoxy) is 1. The second-order valence-electron chi connectivity index (χ2n) is 7.78. The van der Waals surface area contributed by atoms with Crippen LogP contribution >= 0.6 is 11.6 Å². The second kappa shape index (κ2) is 10.3. The van der Waals surface area contributed by atoms with E-state index < -0.39 is 16.9 Å². The van der Waals surface area contributed by atoms with Gasteiger partial charge in [0.2, 0.25) is 0 Å². The first kappa shape index (κ1) is 24.6. The van der Waals surface area contributed by atoms with E-state index in [0.717, 1.165) is 22.4 Å². The van der Waals surface area contributed by atoms with E-state index in [1.807, 2.05) is 44.2 Å². The third-order valence-corrected chi connectivity index (χ3v) is 5.69. The van der Waals surface area contributed by atoms with Gasteiger partial charge in [-0.2, -0.15) is 18.3 Å². The van der Waals surface area contributed by atoms with E-state index in [2.05, 4.69) is 10.4 Å². The molecule has 0 fully saturated rings. The van der Waals surface area contributed by atoms with Gasteiger partial charge < -0.3 is 10.1 Å². The molecule has 0 aliphatic heterocycles. The summed E-state index contributed by atoms with van der Waals surface area (Å²) < 4.78 is 45.8. The van der Waals surface area contributed by atoms with E-state index in [-0.39, 0.29) is 24.7 Å². The minimum atomic E-state index is -4.60. The summed E-state index contributed by atoms with van der Waals surface area (Å²) in [6.07, 6.45) is -4.19. The molecule has 0 aliphatic carbocycles. The molecular formula is C24H25ClF3N3O2. The van der Waals surface area contributed by atoms with Gasteiger partial charge in [0, 0.05) is 18.7 Å². The van der Waals surface area contributed by atoms with Crippen molar-refractivity contribution in [2.45, 2.75) is 46.5 Å². The molecule has 2 aromatic carbocycles. The first-order valence-electron chi connectivity index (χ1n) is 10.4. The predicted molar refractivity (Wildman–Crippen MR) is 121 cm³/mol. The average Bonchev–Trinajstić information content (AvgIpc) is 3.05. The first-order chi connectivity index (χ1) is 15.6. The van der Waals surface area contributed by atoms with Crippen LogP contribution in [0.1, 0.15) is 44.9 Å². The second-order valence-corrected chi connectivity index (χ2v) is 8.16. The van der Waals surface area contributed by atoms with E-state index in [1.165, 1.54) is 11.6 Å². The number of aryl methyl sites for hydroxylation is 3. The molecule has 3 aromatic rings. The van der Waals surface area contributed by atoms with Gasteiger partial charge in [-0.05, 0) is 56.0 Å². The van der Waals surface area contributed by atoms with Crippen LogP contribution < -0.4 is 10.1 Å². The minimum absolute atomic E-state index is 0.205. The van der Waals surface area contributed by atoms with Gasteiger partial charge in [0.1, 0.15) is 12.4 Å². The fourth-order valence-electron chi connectivity index (χ4n) is 3.39.